The fourth-order valence-electron chi connectivity index (χ4n) is 3.24. The summed E-state index contributed by atoms with van der Waals surface area (Å²) in [5, 5.41) is 8.31. The molecule has 3 rings (SSSR count). The standard InChI is InChI=1S/C23H20F3NO3S/c24-23(25,26)20(28)30-21(29,16-27)31-22(17-10-4-1-5-11-17,18-12-6-2-7-13-18)19-14-8-3-9-15-19/h1-15,29H,16,27H2. The average Bonchev–Trinajstić information content (AvgIpc) is 2.78. The highest BCUT2D eigenvalue weighted by molar-refractivity contribution is 8.01. The van der Waals surface area contributed by atoms with E-state index < -0.39 is 28.6 Å². The molecule has 162 valence electrons. The normalized spacial score (nSPS) is 14.0. The molecule has 0 radical (unpaired) electrons. The molecule has 3 aromatic rings. The summed E-state index contributed by atoms with van der Waals surface area (Å²) in [6, 6.07) is 26.8. The Morgan fingerprint density at radius 3 is 1.45 bits per heavy atom. The first-order chi connectivity index (χ1) is 14.7. The number of hydrogen-bond acceptors (Lipinski definition) is 5. The minimum atomic E-state index is -5.28. The van der Waals surface area contributed by atoms with Crippen LogP contribution in [0, 0.1) is 0 Å². The number of esters is 1. The molecule has 0 aliphatic rings. The number of thioether (sulfide) groups is 1. The molecule has 0 aliphatic heterocycles. The van der Waals surface area contributed by atoms with Crippen molar-refractivity contribution >= 4 is 17.7 Å². The number of rotatable bonds is 7. The average molecular weight is 447 g/mol. The lowest BCUT2D eigenvalue weighted by Crippen LogP contribution is -2.46. The molecule has 0 amide bonds. The summed E-state index contributed by atoms with van der Waals surface area (Å²) in [5.74, 6) is -2.52. The molecule has 0 aromatic heterocycles. The van der Waals surface area contributed by atoms with Crippen molar-refractivity contribution in [3.8, 4) is 0 Å². The highest BCUT2D eigenvalue weighted by Gasteiger charge is 2.51. The molecular formula is C23H20F3NO3S. The highest BCUT2D eigenvalue weighted by atomic mass is 32.2. The maximum absolute atomic E-state index is 12.9. The highest BCUT2D eigenvalue weighted by Crippen LogP contribution is 2.53. The first-order valence-corrected chi connectivity index (χ1v) is 10.1. The number of hydrogen-bond donors (Lipinski definition) is 2. The maximum atomic E-state index is 12.9. The Hall–Kier alpha value is -2.81. The van der Waals surface area contributed by atoms with Gasteiger partial charge in [-0.25, -0.2) is 4.79 Å². The third kappa shape index (κ3) is 4.92. The Morgan fingerprint density at radius 2 is 1.16 bits per heavy atom. The van der Waals surface area contributed by atoms with Crippen molar-refractivity contribution in [3.63, 3.8) is 0 Å². The van der Waals surface area contributed by atoms with Crippen LogP contribution in [0.2, 0.25) is 0 Å². The van der Waals surface area contributed by atoms with E-state index in [2.05, 4.69) is 4.74 Å². The van der Waals surface area contributed by atoms with Crippen molar-refractivity contribution in [2.45, 2.75) is 16.0 Å². The lowest BCUT2D eigenvalue weighted by atomic mass is 9.84. The van der Waals surface area contributed by atoms with E-state index >= 15 is 0 Å². The van der Waals surface area contributed by atoms with Crippen LogP contribution in [0.25, 0.3) is 0 Å². The van der Waals surface area contributed by atoms with Crippen LogP contribution in [0.3, 0.4) is 0 Å². The van der Waals surface area contributed by atoms with E-state index in [9.17, 15) is 23.1 Å². The lowest BCUT2D eigenvalue weighted by molar-refractivity contribution is -0.224. The fourth-order valence-corrected chi connectivity index (χ4v) is 4.68. The van der Waals surface area contributed by atoms with Gasteiger partial charge in [0.25, 0.3) is 5.12 Å². The number of alkyl halides is 3. The summed E-state index contributed by atoms with van der Waals surface area (Å²) in [5.41, 5.74) is 7.60. The zero-order valence-corrected chi connectivity index (χ0v) is 17.1. The van der Waals surface area contributed by atoms with Gasteiger partial charge in [0.05, 0.1) is 11.3 Å². The summed E-state index contributed by atoms with van der Waals surface area (Å²) in [7, 11) is 0. The fraction of sp³-hybridized carbons (Fsp3) is 0.174. The largest absolute Gasteiger partial charge is 0.491 e. The van der Waals surface area contributed by atoms with E-state index in [1.54, 1.807) is 91.0 Å². The Morgan fingerprint density at radius 1 is 0.806 bits per heavy atom. The number of benzene rings is 3. The van der Waals surface area contributed by atoms with Gasteiger partial charge in [-0.05, 0) is 16.7 Å². The predicted octanol–water partition coefficient (Wildman–Crippen LogP) is 4.42. The van der Waals surface area contributed by atoms with Gasteiger partial charge >= 0.3 is 12.1 Å². The Bertz CT molecular complexity index is 904. The van der Waals surface area contributed by atoms with Gasteiger partial charge in [0.15, 0.2) is 0 Å². The van der Waals surface area contributed by atoms with Gasteiger partial charge in [0.2, 0.25) is 0 Å². The second kappa shape index (κ2) is 9.13. The molecule has 4 nitrogen and oxygen atoms in total. The minimum Gasteiger partial charge on any atom is -0.415 e. The number of carbonyl (C=O) groups excluding carboxylic acids is 1. The summed E-state index contributed by atoms with van der Waals surface area (Å²) < 4.78 is 41.9. The molecule has 3 aromatic carbocycles. The van der Waals surface area contributed by atoms with E-state index in [-0.39, 0.29) is 0 Å². The number of halogens is 3. The lowest BCUT2D eigenvalue weighted by Gasteiger charge is -2.40. The second-order valence-corrected chi connectivity index (χ2v) is 8.14. The van der Waals surface area contributed by atoms with Gasteiger partial charge in [0.1, 0.15) is 0 Å². The molecule has 1 unspecified atom stereocenters. The van der Waals surface area contributed by atoms with Crippen molar-refractivity contribution in [1.82, 2.24) is 0 Å². The van der Waals surface area contributed by atoms with Gasteiger partial charge in [-0.1, -0.05) is 103 Å². The van der Waals surface area contributed by atoms with Gasteiger partial charge < -0.3 is 15.6 Å². The first kappa shape index (κ1) is 22.9. The van der Waals surface area contributed by atoms with Crippen molar-refractivity contribution in [3.05, 3.63) is 108 Å². The Labute approximate surface area is 181 Å². The van der Waals surface area contributed by atoms with Crippen molar-refractivity contribution in [2.75, 3.05) is 6.54 Å². The van der Waals surface area contributed by atoms with Crippen molar-refractivity contribution in [2.24, 2.45) is 5.73 Å². The van der Waals surface area contributed by atoms with Gasteiger partial charge in [0, 0.05) is 0 Å². The third-order valence-electron chi connectivity index (χ3n) is 4.60. The molecule has 1 atom stereocenters. The summed E-state index contributed by atoms with van der Waals surface area (Å²) in [4.78, 5) is 11.6. The van der Waals surface area contributed by atoms with E-state index in [0.29, 0.717) is 28.5 Å². The van der Waals surface area contributed by atoms with Crippen LogP contribution in [0.15, 0.2) is 91.0 Å². The third-order valence-corrected chi connectivity index (χ3v) is 6.18. The van der Waals surface area contributed by atoms with Gasteiger partial charge in [-0.2, -0.15) is 13.2 Å². The zero-order valence-electron chi connectivity index (χ0n) is 16.3. The van der Waals surface area contributed by atoms with Crippen LogP contribution in [0.1, 0.15) is 16.7 Å². The number of nitrogens with two attached hydrogens (primary N) is 1. The molecule has 0 spiro atoms. The van der Waals surface area contributed by atoms with Crippen LogP contribution in [-0.4, -0.2) is 28.9 Å². The van der Waals surface area contributed by atoms with Crippen LogP contribution >= 0.6 is 11.8 Å². The number of aliphatic hydroxyl groups is 1. The van der Waals surface area contributed by atoms with Crippen LogP contribution in [0.5, 0.6) is 0 Å². The maximum Gasteiger partial charge on any atom is 0.491 e. The SMILES string of the molecule is NCC(O)(OC(=O)C(F)(F)F)SC(c1ccccc1)(c1ccccc1)c1ccccc1. The molecule has 31 heavy (non-hydrogen) atoms. The van der Waals surface area contributed by atoms with E-state index in [0.717, 1.165) is 0 Å². The van der Waals surface area contributed by atoms with E-state index in [1.807, 2.05) is 0 Å². The molecular weight excluding hydrogens is 427 g/mol. The second-order valence-electron chi connectivity index (χ2n) is 6.69. The topological polar surface area (TPSA) is 72.6 Å². The number of carbonyl (C=O) groups is 1. The molecule has 0 fully saturated rings. The predicted molar refractivity (Wildman–Crippen MR) is 113 cm³/mol. The molecule has 0 bridgehead atoms. The molecule has 0 aliphatic carbocycles. The van der Waals surface area contributed by atoms with Crippen LogP contribution in [0.4, 0.5) is 13.2 Å². The Kier molecular flexibility index (Phi) is 6.74. The quantitative estimate of drug-likeness (QED) is 0.319. The van der Waals surface area contributed by atoms with Crippen LogP contribution in [-0.2, 0) is 14.3 Å². The Balaban J connectivity index is 2.24. The van der Waals surface area contributed by atoms with Gasteiger partial charge in [-0.3, -0.25) is 0 Å². The molecule has 3 N–H and O–H groups in total. The summed E-state index contributed by atoms with van der Waals surface area (Å²) in [6.45, 7) is -0.756. The smallest absolute Gasteiger partial charge is 0.415 e. The minimum absolute atomic E-state index is 0.631. The summed E-state index contributed by atoms with van der Waals surface area (Å²) >= 11 is 0.631. The molecule has 0 saturated heterocycles. The van der Waals surface area contributed by atoms with Crippen LogP contribution < -0.4 is 5.73 Å². The van der Waals surface area contributed by atoms with Crippen molar-refractivity contribution in [1.29, 1.82) is 0 Å². The van der Waals surface area contributed by atoms with Gasteiger partial charge in [-0.15, -0.1) is 0 Å². The molecule has 8 heteroatoms. The monoisotopic (exact) mass is 447 g/mol. The number of ether oxygens (including phenoxy) is 1. The molecule has 0 saturated carbocycles. The zero-order chi connectivity index (χ0) is 22.5. The van der Waals surface area contributed by atoms with E-state index in [4.69, 9.17) is 5.73 Å². The van der Waals surface area contributed by atoms with Crippen molar-refractivity contribution < 1.29 is 27.8 Å². The summed E-state index contributed by atoms with van der Waals surface area (Å²) in [6.07, 6.45) is -5.28. The van der Waals surface area contributed by atoms with E-state index in [1.165, 1.54) is 0 Å². The molecule has 0 heterocycles. The first-order valence-electron chi connectivity index (χ1n) is 9.31.